The molecule has 0 aromatic heterocycles. The molecule has 1 aliphatic carbocycles. The molecule has 126 valence electrons. The van der Waals surface area contributed by atoms with Crippen LogP contribution < -0.4 is 5.32 Å². The molecule has 1 saturated carbocycles. The molecule has 1 aromatic carbocycles. The first-order chi connectivity index (χ1) is 11.3. The summed E-state index contributed by atoms with van der Waals surface area (Å²) in [5.41, 5.74) is 1.26. The van der Waals surface area contributed by atoms with Gasteiger partial charge in [0.15, 0.2) is 0 Å². The van der Waals surface area contributed by atoms with E-state index in [9.17, 15) is 0 Å². The Morgan fingerprint density at radius 1 is 1.13 bits per heavy atom. The molecule has 3 fully saturated rings. The number of benzene rings is 1. The molecule has 4 nitrogen and oxygen atoms in total. The highest BCUT2D eigenvalue weighted by Gasteiger charge is 2.42. The van der Waals surface area contributed by atoms with Crippen LogP contribution in [0.15, 0.2) is 30.3 Å². The zero-order valence-corrected chi connectivity index (χ0v) is 13.7. The summed E-state index contributed by atoms with van der Waals surface area (Å²) in [6.45, 7) is 3.22. The lowest BCUT2D eigenvalue weighted by Gasteiger charge is -2.42. The Morgan fingerprint density at radius 2 is 2.00 bits per heavy atom. The third-order valence-electron chi connectivity index (χ3n) is 5.45. The SMILES string of the molecule is c1ccc(COC2CC(NC3CCOC4(CCOC4)C3)C2)cc1. The Kier molecular flexibility index (Phi) is 4.67. The van der Waals surface area contributed by atoms with Crippen LogP contribution in [0.2, 0.25) is 0 Å². The van der Waals surface area contributed by atoms with Crippen molar-refractivity contribution in [1.29, 1.82) is 0 Å². The van der Waals surface area contributed by atoms with E-state index in [1.807, 2.05) is 6.07 Å². The lowest BCUT2D eigenvalue weighted by atomic mass is 9.85. The predicted molar refractivity (Wildman–Crippen MR) is 88.3 cm³/mol. The minimum Gasteiger partial charge on any atom is -0.378 e. The molecule has 4 heteroatoms. The predicted octanol–water partition coefficient (Wildman–Crippen LogP) is 2.66. The molecule has 2 unspecified atom stereocenters. The van der Waals surface area contributed by atoms with Crippen LogP contribution in [0.1, 0.15) is 37.7 Å². The minimum absolute atomic E-state index is 0.00285. The van der Waals surface area contributed by atoms with Crippen molar-refractivity contribution < 1.29 is 14.2 Å². The van der Waals surface area contributed by atoms with Gasteiger partial charge in [-0.15, -0.1) is 0 Å². The molecule has 0 bridgehead atoms. The van der Waals surface area contributed by atoms with E-state index in [2.05, 4.69) is 29.6 Å². The van der Waals surface area contributed by atoms with Gasteiger partial charge in [-0.1, -0.05) is 30.3 Å². The average molecular weight is 317 g/mol. The standard InChI is InChI=1S/C19H27NO3/c1-2-4-15(5-3-1)13-22-18-10-17(11-18)20-16-6-8-23-19(12-16)7-9-21-14-19/h1-5,16-18,20H,6-14H2. The zero-order valence-electron chi connectivity index (χ0n) is 13.7. The Morgan fingerprint density at radius 3 is 2.78 bits per heavy atom. The fourth-order valence-corrected chi connectivity index (χ4v) is 3.99. The van der Waals surface area contributed by atoms with Gasteiger partial charge in [-0.05, 0) is 31.2 Å². The van der Waals surface area contributed by atoms with E-state index in [0.717, 1.165) is 58.5 Å². The Balaban J connectivity index is 1.17. The van der Waals surface area contributed by atoms with Gasteiger partial charge in [0.05, 0.1) is 24.9 Å². The highest BCUT2D eigenvalue weighted by atomic mass is 16.6. The van der Waals surface area contributed by atoms with Gasteiger partial charge in [-0.3, -0.25) is 0 Å². The Hall–Kier alpha value is -0.940. The van der Waals surface area contributed by atoms with Gasteiger partial charge >= 0.3 is 0 Å². The van der Waals surface area contributed by atoms with Crippen molar-refractivity contribution in [2.24, 2.45) is 0 Å². The molecule has 2 heterocycles. The topological polar surface area (TPSA) is 39.7 Å². The van der Waals surface area contributed by atoms with Crippen LogP contribution in [0.3, 0.4) is 0 Å². The maximum atomic E-state index is 6.01. The van der Waals surface area contributed by atoms with Gasteiger partial charge in [0.25, 0.3) is 0 Å². The zero-order chi connectivity index (χ0) is 15.5. The summed E-state index contributed by atoms with van der Waals surface area (Å²) in [5, 5.41) is 3.82. The molecular formula is C19H27NO3. The van der Waals surface area contributed by atoms with E-state index in [4.69, 9.17) is 14.2 Å². The summed E-state index contributed by atoms with van der Waals surface area (Å²) in [4.78, 5) is 0. The number of ether oxygens (including phenoxy) is 3. The molecule has 1 spiro atoms. The third kappa shape index (κ3) is 3.77. The highest BCUT2D eigenvalue weighted by Crippen LogP contribution is 2.34. The fourth-order valence-electron chi connectivity index (χ4n) is 3.99. The largest absolute Gasteiger partial charge is 0.378 e. The van der Waals surface area contributed by atoms with Crippen molar-refractivity contribution in [1.82, 2.24) is 5.32 Å². The van der Waals surface area contributed by atoms with Gasteiger partial charge in [-0.2, -0.15) is 0 Å². The van der Waals surface area contributed by atoms with Crippen LogP contribution in [0.25, 0.3) is 0 Å². The summed E-state index contributed by atoms with van der Waals surface area (Å²) < 4.78 is 17.6. The van der Waals surface area contributed by atoms with E-state index in [0.29, 0.717) is 18.2 Å². The van der Waals surface area contributed by atoms with Crippen molar-refractivity contribution in [2.75, 3.05) is 19.8 Å². The van der Waals surface area contributed by atoms with Gasteiger partial charge in [-0.25, -0.2) is 0 Å². The van der Waals surface area contributed by atoms with E-state index in [1.54, 1.807) is 0 Å². The molecule has 2 aliphatic heterocycles. The van der Waals surface area contributed by atoms with Gasteiger partial charge in [0, 0.05) is 31.7 Å². The summed E-state index contributed by atoms with van der Waals surface area (Å²) in [7, 11) is 0. The quantitative estimate of drug-likeness (QED) is 0.906. The van der Waals surface area contributed by atoms with Crippen LogP contribution in [-0.4, -0.2) is 43.6 Å². The Labute approximate surface area is 138 Å². The molecule has 2 saturated heterocycles. The van der Waals surface area contributed by atoms with Gasteiger partial charge in [0.1, 0.15) is 0 Å². The van der Waals surface area contributed by atoms with Crippen molar-refractivity contribution in [2.45, 2.75) is 62.5 Å². The summed E-state index contributed by atoms with van der Waals surface area (Å²) in [5.74, 6) is 0. The van der Waals surface area contributed by atoms with E-state index in [1.165, 1.54) is 5.56 Å². The molecule has 1 N–H and O–H groups in total. The van der Waals surface area contributed by atoms with Crippen LogP contribution in [0, 0.1) is 0 Å². The molecule has 2 atom stereocenters. The third-order valence-corrected chi connectivity index (χ3v) is 5.45. The molecule has 23 heavy (non-hydrogen) atoms. The second-order valence-electron chi connectivity index (χ2n) is 7.28. The molecule has 0 radical (unpaired) electrons. The first-order valence-corrected chi connectivity index (χ1v) is 8.95. The molecule has 4 rings (SSSR count). The average Bonchev–Trinajstić information content (AvgIpc) is 2.98. The maximum Gasteiger partial charge on any atom is 0.0951 e. The fraction of sp³-hybridized carbons (Fsp3) is 0.684. The lowest BCUT2D eigenvalue weighted by Crippen LogP contribution is -2.54. The van der Waals surface area contributed by atoms with Crippen LogP contribution in [0.4, 0.5) is 0 Å². The molecule has 1 aromatic rings. The van der Waals surface area contributed by atoms with Gasteiger partial charge < -0.3 is 19.5 Å². The number of hydrogen-bond acceptors (Lipinski definition) is 4. The Bertz CT molecular complexity index is 495. The molecule has 0 amide bonds. The summed E-state index contributed by atoms with van der Waals surface area (Å²) in [6.07, 6.45) is 5.95. The van der Waals surface area contributed by atoms with E-state index in [-0.39, 0.29) is 5.60 Å². The van der Waals surface area contributed by atoms with Gasteiger partial charge in [0.2, 0.25) is 0 Å². The van der Waals surface area contributed by atoms with E-state index < -0.39 is 0 Å². The van der Waals surface area contributed by atoms with Crippen molar-refractivity contribution >= 4 is 0 Å². The van der Waals surface area contributed by atoms with Crippen molar-refractivity contribution in [3.05, 3.63) is 35.9 Å². The van der Waals surface area contributed by atoms with Crippen LogP contribution in [0.5, 0.6) is 0 Å². The number of rotatable bonds is 5. The molecular weight excluding hydrogens is 290 g/mol. The van der Waals surface area contributed by atoms with Crippen LogP contribution in [-0.2, 0) is 20.8 Å². The minimum atomic E-state index is 0.00285. The normalized spacial score (nSPS) is 37.0. The monoisotopic (exact) mass is 317 g/mol. The number of hydrogen-bond donors (Lipinski definition) is 1. The number of nitrogens with one attached hydrogen (secondary N) is 1. The van der Waals surface area contributed by atoms with Crippen molar-refractivity contribution in [3.63, 3.8) is 0 Å². The summed E-state index contributed by atoms with van der Waals surface area (Å²) in [6, 6.07) is 11.6. The first-order valence-electron chi connectivity index (χ1n) is 8.95. The van der Waals surface area contributed by atoms with E-state index >= 15 is 0 Å². The molecule has 3 aliphatic rings. The van der Waals surface area contributed by atoms with Crippen molar-refractivity contribution in [3.8, 4) is 0 Å². The summed E-state index contributed by atoms with van der Waals surface area (Å²) >= 11 is 0. The highest BCUT2D eigenvalue weighted by molar-refractivity contribution is 5.13. The first kappa shape index (κ1) is 15.6. The smallest absolute Gasteiger partial charge is 0.0951 e. The lowest BCUT2D eigenvalue weighted by molar-refractivity contribution is -0.0951. The maximum absolute atomic E-state index is 6.01. The second-order valence-corrected chi connectivity index (χ2v) is 7.28. The van der Waals surface area contributed by atoms with Crippen LogP contribution >= 0.6 is 0 Å². The second kappa shape index (κ2) is 6.89.